The number of para-hydroxylation sites is 1. The normalized spacial score (nSPS) is 12.0. The molecule has 3 rings (SSSR count). The average Bonchev–Trinajstić information content (AvgIpc) is 2.56. The van der Waals surface area contributed by atoms with Gasteiger partial charge in [-0.25, -0.2) is 0 Å². The highest BCUT2D eigenvalue weighted by molar-refractivity contribution is 5.97. The number of hydrogen-bond acceptors (Lipinski definition) is 4. The Bertz CT molecular complexity index is 876. The fourth-order valence-electron chi connectivity index (χ4n) is 2.40. The third kappa shape index (κ3) is 3.08. The number of nitrogens with two attached hydrogens (primary N) is 2. The van der Waals surface area contributed by atoms with Crippen molar-refractivity contribution < 1.29 is 4.79 Å². The van der Waals surface area contributed by atoms with Gasteiger partial charge < -0.3 is 16.8 Å². The summed E-state index contributed by atoms with van der Waals surface area (Å²) >= 11 is 0. The van der Waals surface area contributed by atoms with E-state index in [2.05, 4.69) is 10.3 Å². The number of anilines is 3. The van der Waals surface area contributed by atoms with Crippen molar-refractivity contribution in [3.05, 3.63) is 60.3 Å². The molecule has 1 heterocycles. The highest BCUT2D eigenvalue weighted by atomic mass is 16.1. The van der Waals surface area contributed by atoms with E-state index in [0.717, 1.165) is 16.5 Å². The van der Waals surface area contributed by atoms with E-state index in [1.165, 1.54) is 0 Å². The van der Waals surface area contributed by atoms with E-state index < -0.39 is 0 Å². The number of benzene rings is 2. The second-order valence-corrected chi connectivity index (χ2v) is 5.52. The first-order valence-corrected chi connectivity index (χ1v) is 7.35. The molecule has 0 bridgehead atoms. The van der Waals surface area contributed by atoms with Gasteiger partial charge in [-0.2, -0.15) is 0 Å². The van der Waals surface area contributed by atoms with Crippen LogP contribution in [0.25, 0.3) is 10.9 Å². The molecule has 1 aromatic heterocycles. The molecule has 0 aliphatic rings. The maximum absolute atomic E-state index is 12.4. The van der Waals surface area contributed by atoms with E-state index in [1.807, 2.05) is 43.3 Å². The second-order valence-electron chi connectivity index (χ2n) is 5.52. The predicted octanol–water partition coefficient (Wildman–Crippen LogP) is 3.14. The molecule has 5 nitrogen and oxygen atoms in total. The van der Waals surface area contributed by atoms with Gasteiger partial charge in [0.15, 0.2) is 0 Å². The fourth-order valence-corrected chi connectivity index (χ4v) is 2.40. The Balaban J connectivity index is 1.80. The van der Waals surface area contributed by atoms with E-state index in [1.54, 1.807) is 18.3 Å². The molecule has 0 saturated carbocycles. The van der Waals surface area contributed by atoms with Crippen molar-refractivity contribution in [1.82, 2.24) is 4.98 Å². The van der Waals surface area contributed by atoms with Crippen LogP contribution in [-0.2, 0) is 4.79 Å². The molecule has 0 aliphatic carbocycles. The van der Waals surface area contributed by atoms with Crippen LogP contribution in [0.15, 0.2) is 54.7 Å². The molecular formula is C18H18N4O. The molecule has 0 aliphatic heterocycles. The van der Waals surface area contributed by atoms with Gasteiger partial charge in [-0.15, -0.1) is 0 Å². The Morgan fingerprint density at radius 1 is 1.09 bits per heavy atom. The molecule has 3 aromatic rings. The smallest absolute Gasteiger partial charge is 0.231 e. The molecular weight excluding hydrogens is 288 g/mol. The van der Waals surface area contributed by atoms with Crippen molar-refractivity contribution in [3.63, 3.8) is 0 Å². The zero-order valence-corrected chi connectivity index (χ0v) is 12.8. The monoisotopic (exact) mass is 306 g/mol. The molecule has 1 amide bonds. The van der Waals surface area contributed by atoms with Gasteiger partial charge in [0, 0.05) is 5.39 Å². The van der Waals surface area contributed by atoms with Crippen LogP contribution in [0.1, 0.15) is 18.4 Å². The Hall–Kier alpha value is -3.08. The number of hydrogen-bond donors (Lipinski definition) is 3. The number of fused-ring (bicyclic) bond motifs is 1. The molecule has 23 heavy (non-hydrogen) atoms. The van der Waals surface area contributed by atoms with Crippen LogP contribution in [0.2, 0.25) is 0 Å². The van der Waals surface area contributed by atoms with E-state index in [0.29, 0.717) is 17.1 Å². The first-order chi connectivity index (χ1) is 11.0. The minimum absolute atomic E-state index is 0.119. The van der Waals surface area contributed by atoms with Crippen molar-refractivity contribution in [2.45, 2.75) is 12.8 Å². The van der Waals surface area contributed by atoms with Crippen molar-refractivity contribution in [2.75, 3.05) is 16.8 Å². The Morgan fingerprint density at radius 2 is 1.87 bits per heavy atom. The largest absolute Gasteiger partial charge is 0.397 e. The quantitative estimate of drug-likeness (QED) is 0.648. The lowest BCUT2D eigenvalue weighted by Crippen LogP contribution is -2.19. The molecule has 0 saturated heterocycles. The molecule has 116 valence electrons. The summed E-state index contributed by atoms with van der Waals surface area (Å²) < 4.78 is 0. The number of aromatic nitrogens is 1. The number of nitrogens with one attached hydrogen (secondary N) is 1. The van der Waals surface area contributed by atoms with Crippen LogP contribution in [0, 0.1) is 0 Å². The Kier molecular flexibility index (Phi) is 3.85. The topological polar surface area (TPSA) is 94.0 Å². The molecule has 2 aromatic carbocycles. The van der Waals surface area contributed by atoms with E-state index in [4.69, 9.17) is 11.5 Å². The van der Waals surface area contributed by atoms with Crippen LogP contribution < -0.4 is 16.8 Å². The standard InChI is InChI=1S/C18H18N4O/c1-11(12-6-7-15(19)16(20)9-12)18(23)22-14-8-13-4-2-3-5-17(13)21-10-14/h2-11H,19-20H2,1H3,(H,22,23). The molecule has 1 unspecified atom stereocenters. The zero-order valence-electron chi connectivity index (χ0n) is 12.8. The summed E-state index contributed by atoms with van der Waals surface area (Å²) in [7, 11) is 0. The van der Waals surface area contributed by atoms with Gasteiger partial charge in [0.25, 0.3) is 0 Å². The average molecular weight is 306 g/mol. The molecule has 5 N–H and O–H groups in total. The van der Waals surface area contributed by atoms with Crippen LogP contribution >= 0.6 is 0 Å². The van der Waals surface area contributed by atoms with Gasteiger partial charge in [-0.3, -0.25) is 9.78 Å². The van der Waals surface area contributed by atoms with E-state index in [9.17, 15) is 4.79 Å². The summed E-state index contributed by atoms with van der Waals surface area (Å²) in [5.74, 6) is -0.462. The highest BCUT2D eigenvalue weighted by Crippen LogP contribution is 2.24. The van der Waals surface area contributed by atoms with Gasteiger partial charge in [0.1, 0.15) is 0 Å². The van der Waals surface area contributed by atoms with Gasteiger partial charge in [0.2, 0.25) is 5.91 Å². The lowest BCUT2D eigenvalue weighted by atomic mass is 9.99. The number of carbonyl (C=O) groups is 1. The van der Waals surface area contributed by atoms with Crippen molar-refractivity contribution in [3.8, 4) is 0 Å². The number of pyridine rings is 1. The molecule has 1 atom stereocenters. The Labute approximate surface area is 134 Å². The number of rotatable bonds is 3. The summed E-state index contributed by atoms with van der Waals surface area (Å²) in [4.78, 5) is 16.8. The highest BCUT2D eigenvalue weighted by Gasteiger charge is 2.16. The second kappa shape index (κ2) is 5.96. The number of nitrogens with zero attached hydrogens (tertiary/aromatic N) is 1. The summed E-state index contributed by atoms with van der Waals surface area (Å²) in [6, 6.07) is 14.9. The van der Waals surface area contributed by atoms with E-state index >= 15 is 0 Å². The zero-order chi connectivity index (χ0) is 16.4. The summed E-state index contributed by atoms with van der Waals surface area (Å²) in [5, 5.41) is 3.87. The maximum Gasteiger partial charge on any atom is 0.231 e. The minimum atomic E-state index is -0.343. The van der Waals surface area contributed by atoms with Crippen LogP contribution in [-0.4, -0.2) is 10.9 Å². The molecule has 0 fully saturated rings. The lowest BCUT2D eigenvalue weighted by molar-refractivity contribution is -0.117. The molecule has 0 radical (unpaired) electrons. The summed E-state index contributed by atoms with van der Waals surface area (Å²) in [6.45, 7) is 1.83. The van der Waals surface area contributed by atoms with Gasteiger partial charge in [-0.05, 0) is 36.8 Å². The number of nitrogen functional groups attached to an aromatic ring is 2. The fraction of sp³-hybridized carbons (Fsp3) is 0.111. The lowest BCUT2D eigenvalue weighted by Gasteiger charge is -2.14. The third-order valence-electron chi connectivity index (χ3n) is 3.86. The number of amides is 1. The van der Waals surface area contributed by atoms with Crippen molar-refractivity contribution in [2.24, 2.45) is 0 Å². The first kappa shape index (κ1) is 14.8. The molecule has 0 spiro atoms. The van der Waals surface area contributed by atoms with Crippen LogP contribution in [0.5, 0.6) is 0 Å². The van der Waals surface area contributed by atoms with Crippen LogP contribution in [0.3, 0.4) is 0 Å². The van der Waals surface area contributed by atoms with Gasteiger partial charge in [0.05, 0.1) is 34.7 Å². The maximum atomic E-state index is 12.4. The van der Waals surface area contributed by atoms with Crippen molar-refractivity contribution >= 4 is 33.9 Å². The van der Waals surface area contributed by atoms with Gasteiger partial charge >= 0.3 is 0 Å². The van der Waals surface area contributed by atoms with Crippen LogP contribution in [0.4, 0.5) is 17.1 Å². The Morgan fingerprint density at radius 3 is 2.65 bits per heavy atom. The van der Waals surface area contributed by atoms with Crippen molar-refractivity contribution in [1.29, 1.82) is 0 Å². The number of carbonyl (C=O) groups excluding carboxylic acids is 1. The molecule has 5 heteroatoms. The van der Waals surface area contributed by atoms with Gasteiger partial charge in [-0.1, -0.05) is 24.3 Å². The summed E-state index contributed by atoms with van der Waals surface area (Å²) in [5.41, 5.74) is 14.9. The summed E-state index contributed by atoms with van der Waals surface area (Å²) in [6.07, 6.45) is 1.66. The minimum Gasteiger partial charge on any atom is -0.397 e. The van der Waals surface area contributed by atoms with E-state index in [-0.39, 0.29) is 11.8 Å². The first-order valence-electron chi connectivity index (χ1n) is 7.35. The predicted molar refractivity (Wildman–Crippen MR) is 94.1 cm³/mol. The SMILES string of the molecule is CC(C(=O)Nc1cnc2ccccc2c1)c1ccc(N)c(N)c1. The third-order valence-corrected chi connectivity index (χ3v) is 3.86.